The molecule has 0 aromatic carbocycles. The number of nitrogens with zero attached hydrogens (tertiary/aromatic N) is 2. The van der Waals surface area contributed by atoms with Gasteiger partial charge in [0.15, 0.2) is 10.3 Å². The molecule has 2 saturated carbocycles. The Balaban J connectivity index is 0.000000195. The molecule has 0 aromatic rings. The summed E-state index contributed by atoms with van der Waals surface area (Å²) < 4.78 is 26.5. The van der Waals surface area contributed by atoms with Gasteiger partial charge in [0.1, 0.15) is 9.49 Å². The zero-order chi connectivity index (χ0) is 30.3. The van der Waals surface area contributed by atoms with Gasteiger partial charge in [-0.05, 0) is 75.0 Å². The summed E-state index contributed by atoms with van der Waals surface area (Å²) in [7, 11) is -3.92. The van der Waals surface area contributed by atoms with Gasteiger partial charge >= 0.3 is 1.43 Å². The van der Waals surface area contributed by atoms with Crippen LogP contribution in [0, 0.1) is 35.5 Å². The summed E-state index contributed by atoms with van der Waals surface area (Å²) in [6.45, 7) is 12.4. The molecule has 9 nitrogen and oxygen atoms in total. The largest absolute Gasteiger partial charge is 1.00 e. The topological polar surface area (TPSA) is 140 Å². The number of aliphatic imine (C=N–C) groups is 2. The van der Waals surface area contributed by atoms with Gasteiger partial charge in [-0.2, -0.15) is 0 Å². The molecule has 6 unspecified atom stereocenters. The molecule has 2 N–H and O–H groups in total. The summed E-state index contributed by atoms with van der Waals surface area (Å²) in [4.78, 5) is 33.7. The second-order valence-corrected chi connectivity index (χ2v) is 17.2. The fourth-order valence-electron chi connectivity index (χ4n) is 5.97. The van der Waals surface area contributed by atoms with Crippen LogP contribution in [-0.2, 0) is 19.7 Å². The SMILES string of the molecule is CC(C)[C@]1(C)SC(=NC2CC3C=CC2C3)NC1=O.CC(C)[C@]1(C)SC(=NC2CC3C=CC2C3)NC1=O.CS(=O)(=O)[O-].[H+]. The molecule has 6 rings (SSSR count). The van der Waals surface area contributed by atoms with Gasteiger partial charge in [0.2, 0.25) is 11.8 Å². The number of hydrogen-bond acceptors (Lipinski definition) is 9. The van der Waals surface area contributed by atoms with E-state index in [4.69, 9.17) is 23.0 Å². The lowest BCUT2D eigenvalue weighted by molar-refractivity contribution is -0.122. The molecular formula is C29H44N4O5S3. The first-order valence-electron chi connectivity index (χ1n) is 14.4. The van der Waals surface area contributed by atoms with Gasteiger partial charge in [0.25, 0.3) is 0 Å². The summed E-state index contributed by atoms with van der Waals surface area (Å²) in [6.07, 6.45) is 14.6. The Hall–Kier alpha value is -1.63. The Labute approximate surface area is 254 Å². The lowest BCUT2D eigenvalue weighted by Crippen LogP contribution is -2.38. The van der Waals surface area contributed by atoms with E-state index < -0.39 is 10.1 Å². The predicted octanol–water partition coefficient (Wildman–Crippen LogP) is 4.44. The second kappa shape index (κ2) is 12.2. The van der Waals surface area contributed by atoms with E-state index in [1.807, 2.05) is 13.8 Å². The molecule has 4 bridgehead atoms. The van der Waals surface area contributed by atoms with Crippen LogP contribution >= 0.6 is 23.5 Å². The first kappa shape index (κ1) is 32.3. The van der Waals surface area contributed by atoms with E-state index in [1.54, 1.807) is 23.5 Å². The average molecular weight is 625 g/mol. The van der Waals surface area contributed by atoms with Gasteiger partial charge in [-0.1, -0.05) is 75.5 Å². The third-order valence-electron chi connectivity index (χ3n) is 9.22. The molecule has 2 amide bonds. The van der Waals surface area contributed by atoms with E-state index in [0.717, 1.165) is 35.0 Å². The van der Waals surface area contributed by atoms with Gasteiger partial charge in [-0.3, -0.25) is 19.6 Å². The van der Waals surface area contributed by atoms with Crippen molar-refractivity contribution >= 4 is 55.8 Å². The smallest absolute Gasteiger partial charge is 0.748 e. The molecule has 6 aliphatic rings. The van der Waals surface area contributed by atoms with Crippen LogP contribution in [0.2, 0.25) is 0 Å². The molecule has 41 heavy (non-hydrogen) atoms. The number of thioether (sulfide) groups is 2. The number of hydrogen-bond donors (Lipinski definition) is 2. The lowest BCUT2D eigenvalue weighted by Gasteiger charge is -2.23. The van der Waals surface area contributed by atoms with Crippen LogP contribution in [-0.4, -0.2) is 63.0 Å². The molecule has 2 aliphatic heterocycles. The van der Waals surface area contributed by atoms with Gasteiger partial charge in [0.05, 0.1) is 22.2 Å². The molecular weight excluding hydrogens is 581 g/mol. The summed E-state index contributed by atoms with van der Waals surface area (Å²) in [5.41, 5.74) is 0. The molecule has 228 valence electrons. The fourth-order valence-corrected chi connectivity index (χ4v) is 8.19. The van der Waals surface area contributed by atoms with Crippen molar-refractivity contribution in [1.82, 2.24) is 10.6 Å². The number of carbonyl (C=O) groups excluding carboxylic acids is 2. The highest BCUT2D eigenvalue weighted by Gasteiger charge is 2.47. The number of amides is 2. The van der Waals surface area contributed by atoms with E-state index in [9.17, 15) is 9.59 Å². The Bertz CT molecular complexity index is 1190. The number of rotatable bonds is 4. The number of carbonyl (C=O) groups is 2. The van der Waals surface area contributed by atoms with Crippen LogP contribution < -0.4 is 10.6 Å². The number of amidine groups is 2. The van der Waals surface area contributed by atoms with E-state index in [2.05, 4.69) is 62.6 Å². The number of allylic oxidation sites excluding steroid dienone is 2. The fraction of sp³-hybridized carbons (Fsp3) is 0.724. The zero-order valence-corrected chi connectivity index (χ0v) is 27.4. The zero-order valence-electron chi connectivity index (χ0n) is 25.9. The Morgan fingerprint density at radius 2 is 1.15 bits per heavy atom. The third-order valence-corrected chi connectivity index (χ3v) is 12.2. The minimum Gasteiger partial charge on any atom is -0.748 e. The first-order chi connectivity index (χ1) is 19.0. The maximum absolute atomic E-state index is 12.1. The highest BCUT2D eigenvalue weighted by molar-refractivity contribution is 8.16. The van der Waals surface area contributed by atoms with Crippen molar-refractivity contribution in [3.05, 3.63) is 24.3 Å². The number of nitrogens with one attached hydrogen (secondary N) is 2. The Morgan fingerprint density at radius 3 is 1.37 bits per heavy atom. The van der Waals surface area contributed by atoms with Crippen molar-refractivity contribution in [2.75, 3.05) is 6.26 Å². The minimum absolute atomic E-state index is 0. The molecule has 2 heterocycles. The van der Waals surface area contributed by atoms with E-state index in [1.165, 1.54) is 12.8 Å². The molecule has 0 radical (unpaired) electrons. The summed E-state index contributed by atoms with van der Waals surface area (Å²) in [5.74, 6) is 3.51. The van der Waals surface area contributed by atoms with Gasteiger partial charge < -0.3 is 15.2 Å². The van der Waals surface area contributed by atoms with Crippen molar-refractivity contribution in [3.8, 4) is 0 Å². The van der Waals surface area contributed by atoms with Gasteiger partial charge in [-0.15, -0.1) is 0 Å². The van der Waals surface area contributed by atoms with E-state index in [0.29, 0.717) is 42.0 Å². The highest BCUT2D eigenvalue weighted by atomic mass is 32.2. The van der Waals surface area contributed by atoms with Crippen LogP contribution in [0.3, 0.4) is 0 Å². The first-order valence-corrected chi connectivity index (χ1v) is 17.9. The Kier molecular flexibility index (Phi) is 9.58. The van der Waals surface area contributed by atoms with Gasteiger partial charge in [-0.25, -0.2) is 8.42 Å². The van der Waals surface area contributed by atoms with Crippen LogP contribution in [0.4, 0.5) is 0 Å². The Morgan fingerprint density at radius 1 is 0.805 bits per heavy atom. The maximum atomic E-state index is 12.1. The van der Waals surface area contributed by atoms with Crippen LogP contribution in [0.1, 0.15) is 68.7 Å². The monoisotopic (exact) mass is 624 g/mol. The summed E-state index contributed by atoms with van der Waals surface area (Å²) in [5, 5.41) is 7.59. The molecule has 8 atom stereocenters. The van der Waals surface area contributed by atoms with Gasteiger partial charge in [0, 0.05) is 6.26 Å². The normalized spacial score (nSPS) is 40.3. The maximum Gasteiger partial charge on any atom is 1.00 e. The third kappa shape index (κ3) is 7.48. The van der Waals surface area contributed by atoms with Crippen molar-refractivity contribution in [1.29, 1.82) is 0 Å². The average Bonchev–Trinajstić information content (AvgIpc) is 3.68. The van der Waals surface area contributed by atoms with Crippen molar-refractivity contribution in [2.24, 2.45) is 45.5 Å². The second-order valence-electron chi connectivity index (χ2n) is 12.9. The van der Waals surface area contributed by atoms with Crippen molar-refractivity contribution < 1.29 is 24.0 Å². The standard InChI is InChI=1S/2C14H20N2OS.CH4O3S/c2*1-8(2)14(3)12(17)16-13(18-14)15-11-7-9-4-5-10(11)6-9;1-5(2,3)4/h2*4-5,8-11H,6-7H2,1-3H3,(H,15,16,17);1H3,(H,2,3,4)/t2*9?,10?,11?,14-;/m00./s1. The molecule has 2 saturated heterocycles. The predicted molar refractivity (Wildman–Crippen MR) is 168 cm³/mol. The van der Waals surface area contributed by atoms with Crippen molar-refractivity contribution in [2.45, 2.75) is 88.8 Å². The molecule has 4 fully saturated rings. The molecule has 4 aliphatic carbocycles. The van der Waals surface area contributed by atoms with Crippen LogP contribution in [0.15, 0.2) is 34.3 Å². The number of fused-ring (bicyclic) bond motifs is 4. The summed E-state index contributed by atoms with van der Waals surface area (Å²) >= 11 is 3.22. The lowest BCUT2D eigenvalue weighted by atomic mass is 9.96. The quantitative estimate of drug-likeness (QED) is 0.348. The van der Waals surface area contributed by atoms with Crippen LogP contribution in [0.25, 0.3) is 0 Å². The molecule has 12 heteroatoms. The van der Waals surface area contributed by atoms with Crippen LogP contribution in [0.5, 0.6) is 0 Å². The van der Waals surface area contributed by atoms with Crippen molar-refractivity contribution in [3.63, 3.8) is 0 Å². The molecule has 0 spiro atoms. The molecule has 0 aromatic heterocycles. The highest BCUT2D eigenvalue weighted by Crippen LogP contribution is 2.44. The minimum atomic E-state index is -3.92. The van der Waals surface area contributed by atoms with E-state index in [-0.39, 0.29) is 22.7 Å². The van der Waals surface area contributed by atoms with E-state index >= 15 is 0 Å². The summed E-state index contributed by atoms with van der Waals surface area (Å²) in [6, 6.07) is 0.773.